The zero-order valence-corrected chi connectivity index (χ0v) is 15.8. The number of hydrogen-bond acceptors (Lipinski definition) is 2. The van der Waals surface area contributed by atoms with Crippen LogP contribution in [0.3, 0.4) is 0 Å². The number of hydrogen-bond donors (Lipinski definition) is 0. The van der Waals surface area contributed by atoms with Crippen LogP contribution in [-0.4, -0.2) is 27.6 Å². The second-order valence-electron chi connectivity index (χ2n) is 8.70. The first-order chi connectivity index (χ1) is 13.1. The maximum Gasteiger partial charge on any atom is 0.226 e. The predicted octanol–water partition coefficient (Wildman–Crippen LogP) is 4.07. The Bertz CT molecular complexity index is 853. The largest absolute Gasteiger partial charge is 0.341 e. The average molecular weight is 367 g/mol. The van der Waals surface area contributed by atoms with Gasteiger partial charge in [-0.25, -0.2) is 4.39 Å². The molecular formula is C22H26FN3O. The molecule has 4 aliphatic rings. The average Bonchev–Trinajstić information content (AvgIpc) is 3.29. The third-order valence-corrected chi connectivity index (χ3v) is 7.23. The van der Waals surface area contributed by atoms with Crippen molar-refractivity contribution in [2.24, 2.45) is 11.8 Å². The molecule has 3 unspecified atom stereocenters. The lowest BCUT2D eigenvalue weighted by atomic mass is 9.58. The second kappa shape index (κ2) is 6.18. The van der Waals surface area contributed by atoms with Crippen LogP contribution in [0.4, 0.5) is 4.39 Å². The minimum atomic E-state index is -0.243. The summed E-state index contributed by atoms with van der Waals surface area (Å²) in [6, 6.07) is 9.11. The smallest absolute Gasteiger partial charge is 0.226 e. The van der Waals surface area contributed by atoms with Crippen LogP contribution in [0.25, 0.3) is 0 Å². The standard InChI is InChI=1S/C22H26FN3O/c1-25(14-15-5-7-17(23)8-6-15)21(27)20-16-9-11-22(20,13-16)19-10-12-24-26(19)18-3-2-4-18/h5-8,10,12,16,18,20H,2-4,9,11,13-14H2,1H3. The van der Waals surface area contributed by atoms with Gasteiger partial charge in [0.1, 0.15) is 5.82 Å². The summed E-state index contributed by atoms with van der Waals surface area (Å²) in [5.41, 5.74) is 2.23. The van der Waals surface area contributed by atoms with Crippen molar-refractivity contribution in [1.29, 1.82) is 0 Å². The number of fused-ring (bicyclic) bond motifs is 1. The molecule has 2 bridgehead atoms. The van der Waals surface area contributed by atoms with Gasteiger partial charge in [-0.2, -0.15) is 5.10 Å². The van der Waals surface area contributed by atoms with Gasteiger partial charge in [-0.05, 0) is 68.2 Å². The maximum absolute atomic E-state index is 13.3. The van der Waals surface area contributed by atoms with Gasteiger partial charge in [-0.1, -0.05) is 12.1 Å². The number of nitrogens with zero attached hydrogens (tertiary/aromatic N) is 3. The third-order valence-electron chi connectivity index (χ3n) is 7.23. The van der Waals surface area contributed by atoms with Gasteiger partial charge < -0.3 is 4.90 Å². The zero-order chi connectivity index (χ0) is 18.6. The first-order valence-corrected chi connectivity index (χ1v) is 10.1. The van der Waals surface area contributed by atoms with Crippen LogP contribution in [-0.2, 0) is 16.8 Å². The van der Waals surface area contributed by atoms with Crippen molar-refractivity contribution in [1.82, 2.24) is 14.7 Å². The molecule has 0 N–H and O–H groups in total. The van der Waals surface area contributed by atoms with E-state index in [2.05, 4.69) is 15.8 Å². The SMILES string of the molecule is CN(Cc1ccc(F)cc1)C(=O)C1C2CCC1(c1ccnn1C1CCC1)C2. The number of halogens is 1. The molecule has 2 aromatic rings. The van der Waals surface area contributed by atoms with Crippen molar-refractivity contribution >= 4 is 5.91 Å². The minimum absolute atomic E-state index is 0.0229. The number of aromatic nitrogens is 2. The van der Waals surface area contributed by atoms with Crippen LogP contribution in [0.1, 0.15) is 55.8 Å². The van der Waals surface area contributed by atoms with Gasteiger partial charge in [0.05, 0.1) is 12.0 Å². The minimum Gasteiger partial charge on any atom is -0.341 e. The van der Waals surface area contributed by atoms with Gasteiger partial charge in [0.25, 0.3) is 0 Å². The normalized spacial score (nSPS) is 29.3. The molecule has 1 aromatic heterocycles. The summed E-state index contributed by atoms with van der Waals surface area (Å²) in [6.07, 6.45) is 8.95. The predicted molar refractivity (Wildman–Crippen MR) is 100 cm³/mol. The molecule has 0 radical (unpaired) electrons. The Labute approximate surface area is 159 Å². The summed E-state index contributed by atoms with van der Waals surface area (Å²) in [4.78, 5) is 15.2. The van der Waals surface area contributed by atoms with Crippen LogP contribution in [0, 0.1) is 17.7 Å². The van der Waals surface area contributed by atoms with Crippen molar-refractivity contribution in [3.05, 3.63) is 53.6 Å². The highest BCUT2D eigenvalue weighted by molar-refractivity contribution is 5.82. The van der Waals surface area contributed by atoms with Crippen molar-refractivity contribution in [3.63, 3.8) is 0 Å². The molecule has 142 valence electrons. The summed E-state index contributed by atoms with van der Waals surface area (Å²) in [5, 5.41) is 4.62. The molecule has 4 nitrogen and oxygen atoms in total. The highest BCUT2D eigenvalue weighted by Gasteiger charge is 2.64. The molecule has 0 saturated heterocycles. The Morgan fingerprint density at radius 2 is 2.04 bits per heavy atom. The fourth-order valence-electron chi connectivity index (χ4n) is 5.61. The number of rotatable bonds is 5. The van der Waals surface area contributed by atoms with E-state index in [1.165, 1.54) is 37.1 Å². The van der Waals surface area contributed by atoms with Gasteiger partial charge >= 0.3 is 0 Å². The van der Waals surface area contributed by atoms with Crippen molar-refractivity contribution < 1.29 is 9.18 Å². The molecule has 0 aliphatic heterocycles. The topological polar surface area (TPSA) is 38.1 Å². The Morgan fingerprint density at radius 3 is 2.70 bits per heavy atom. The molecule has 3 atom stereocenters. The van der Waals surface area contributed by atoms with Gasteiger partial charge in [-0.3, -0.25) is 9.48 Å². The van der Waals surface area contributed by atoms with E-state index in [1.807, 2.05) is 18.1 Å². The fraction of sp³-hybridized carbons (Fsp3) is 0.545. The van der Waals surface area contributed by atoms with E-state index in [0.29, 0.717) is 18.5 Å². The van der Waals surface area contributed by atoms with E-state index >= 15 is 0 Å². The lowest BCUT2D eigenvalue weighted by Crippen LogP contribution is -2.53. The van der Waals surface area contributed by atoms with E-state index < -0.39 is 0 Å². The lowest BCUT2D eigenvalue weighted by molar-refractivity contribution is -0.143. The molecular weight excluding hydrogens is 341 g/mol. The van der Waals surface area contributed by atoms with Crippen LogP contribution >= 0.6 is 0 Å². The van der Waals surface area contributed by atoms with E-state index in [9.17, 15) is 9.18 Å². The molecule has 0 spiro atoms. The van der Waals surface area contributed by atoms with E-state index in [0.717, 1.165) is 24.8 Å². The highest BCUT2D eigenvalue weighted by Crippen LogP contribution is 2.64. The zero-order valence-electron chi connectivity index (χ0n) is 15.8. The first-order valence-electron chi connectivity index (χ1n) is 10.1. The molecule has 1 heterocycles. The van der Waals surface area contributed by atoms with Gasteiger partial charge in [0, 0.05) is 30.9 Å². The molecule has 1 amide bonds. The summed E-state index contributed by atoms with van der Waals surface area (Å²) >= 11 is 0. The van der Waals surface area contributed by atoms with E-state index in [1.54, 1.807) is 12.1 Å². The number of carbonyl (C=O) groups excluding carboxylic acids is 1. The number of benzene rings is 1. The summed E-state index contributed by atoms with van der Waals surface area (Å²) in [5.74, 6) is 0.554. The van der Waals surface area contributed by atoms with Crippen molar-refractivity contribution in [2.75, 3.05) is 7.05 Å². The summed E-state index contributed by atoms with van der Waals surface area (Å²) in [7, 11) is 1.88. The first kappa shape index (κ1) is 17.0. The van der Waals surface area contributed by atoms with Crippen LogP contribution < -0.4 is 0 Å². The van der Waals surface area contributed by atoms with Crippen LogP contribution in [0.15, 0.2) is 36.5 Å². The molecule has 4 saturated carbocycles. The van der Waals surface area contributed by atoms with E-state index in [-0.39, 0.29) is 23.1 Å². The molecule has 4 fully saturated rings. The number of amides is 1. The van der Waals surface area contributed by atoms with Crippen molar-refractivity contribution in [2.45, 2.75) is 56.5 Å². The fourth-order valence-corrected chi connectivity index (χ4v) is 5.61. The molecule has 1 aromatic carbocycles. The maximum atomic E-state index is 13.3. The number of carbonyl (C=O) groups is 1. The van der Waals surface area contributed by atoms with Crippen molar-refractivity contribution in [3.8, 4) is 0 Å². The third kappa shape index (κ3) is 2.54. The Kier molecular flexibility index (Phi) is 3.88. The Hall–Kier alpha value is -2.17. The van der Waals surface area contributed by atoms with Gasteiger partial charge in [-0.15, -0.1) is 0 Å². The summed E-state index contributed by atoms with van der Waals surface area (Å²) < 4.78 is 15.4. The molecule has 6 rings (SSSR count). The Balaban J connectivity index is 1.37. The lowest BCUT2D eigenvalue weighted by Gasteiger charge is -2.48. The van der Waals surface area contributed by atoms with Gasteiger partial charge in [0.2, 0.25) is 5.91 Å². The quantitative estimate of drug-likeness (QED) is 0.799. The highest BCUT2D eigenvalue weighted by atomic mass is 19.1. The van der Waals surface area contributed by atoms with E-state index in [4.69, 9.17) is 0 Å². The Morgan fingerprint density at radius 1 is 1.26 bits per heavy atom. The van der Waals surface area contributed by atoms with Crippen LogP contribution in [0.5, 0.6) is 0 Å². The second-order valence-corrected chi connectivity index (χ2v) is 8.70. The molecule has 27 heavy (non-hydrogen) atoms. The molecule has 5 heteroatoms. The monoisotopic (exact) mass is 367 g/mol. The molecule has 4 aliphatic carbocycles. The van der Waals surface area contributed by atoms with Crippen LogP contribution in [0.2, 0.25) is 0 Å². The van der Waals surface area contributed by atoms with Gasteiger partial charge in [0.15, 0.2) is 0 Å². The summed E-state index contributed by atoms with van der Waals surface area (Å²) in [6.45, 7) is 0.528.